The van der Waals surface area contributed by atoms with E-state index in [1.165, 1.54) is 6.08 Å². The lowest BCUT2D eigenvalue weighted by atomic mass is 10.1. The molecule has 0 amide bonds. The van der Waals surface area contributed by atoms with Crippen molar-refractivity contribution in [2.24, 2.45) is 5.73 Å². The van der Waals surface area contributed by atoms with Crippen LogP contribution < -0.4 is 5.73 Å². The molecule has 0 aromatic rings. The lowest BCUT2D eigenvalue weighted by Gasteiger charge is -2.23. The maximum atomic E-state index is 11.1. The van der Waals surface area contributed by atoms with Gasteiger partial charge in [-0.25, -0.2) is 0 Å². The van der Waals surface area contributed by atoms with Crippen LogP contribution >= 0.6 is 12.6 Å². The van der Waals surface area contributed by atoms with Gasteiger partial charge in [-0.1, -0.05) is 12.7 Å². The largest absolute Gasteiger partial charge is 0.460 e. The van der Waals surface area contributed by atoms with Crippen LogP contribution in [-0.4, -0.2) is 23.4 Å². The maximum Gasteiger partial charge on any atom is 0.324 e. The minimum Gasteiger partial charge on any atom is -0.460 e. The molecule has 1 atom stereocenters. The Morgan fingerprint density at radius 2 is 2.33 bits per heavy atom. The summed E-state index contributed by atoms with van der Waals surface area (Å²) in [6, 6.07) is -0.708. The summed E-state index contributed by atoms with van der Waals surface area (Å²) in [4.78, 5) is 11.1. The summed E-state index contributed by atoms with van der Waals surface area (Å²) in [7, 11) is 0. The molecule has 0 saturated carbocycles. The summed E-state index contributed by atoms with van der Waals surface area (Å²) in [6.45, 7) is 7.13. The smallest absolute Gasteiger partial charge is 0.324 e. The van der Waals surface area contributed by atoms with Crippen LogP contribution in [0.4, 0.5) is 0 Å². The summed E-state index contributed by atoms with van der Waals surface area (Å²) in [5, 5.41) is 0. The lowest BCUT2D eigenvalue weighted by molar-refractivity contribution is -0.144. The molecule has 0 aromatic heterocycles. The number of hydrogen-bond donors (Lipinski definition) is 2. The quantitative estimate of drug-likeness (QED) is 0.390. The zero-order valence-electron chi connectivity index (χ0n) is 7.41. The number of esters is 1. The van der Waals surface area contributed by atoms with E-state index in [9.17, 15) is 4.79 Å². The summed E-state index contributed by atoms with van der Waals surface area (Å²) >= 11 is 4.16. The average molecular weight is 189 g/mol. The van der Waals surface area contributed by atoms with Gasteiger partial charge in [0.25, 0.3) is 0 Å². The second kappa shape index (κ2) is 4.52. The van der Waals surface area contributed by atoms with E-state index in [0.29, 0.717) is 0 Å². The van der Waals surface area contributed by atoms with Gasteiger partial charge >= 0.3 is 5.97 Å². The molecule has 0 aliphatic heterocycles. The molecule has 12 heavy (non-hydrogen) atoms. The number of hydrogen-bond acceptors (Lipinski definition) is 4. The molecule has 3 nitrogen and oxygen atoms in total. The third-order valence-electron chi connectivity index (χ3n) is 1.36. The van der Waals surface area contributed by atoms with E-state index in [4.69, 9.17) is 10.5 Å². The van der Waals surface area contributed by atoms with E-state index in [0.717, 1.165) is 0 Å². The van der Waals surface area contributed by atoms with Crippen molar-refractivity contribution in [2.75, 3.05) is 6.61 Å². The first kappa shape index (κ1) is 11.5. The normalized spacial score (nSPS) is 13.7. The van der Waals surface area contributed by atoms with Gasteiger partial charge in [-0.15, -0.1) is 0 Å². The molecule has 0 bridgehead atoms. The molecule has 0 spiro atoms. The summed E-state index contributed by atoms with van der Waals surface area (Å²) in [6.07, 6.45) is 1.50. The Balaban J connectivity index is 4.02. The Hall–Kier alpha value is -0.480. The van der Waals surface area contributed by atoms with Crippen molar-refractivity contribution in [3.05, 3.63) is 12.7 Å². The Morgan fingerprint density at radius 1 is 1.83 bits per heavy atom. The van der Waals surface area contributed by atoms with Gasteiger partial charge in [0.1, 0.15) is 12.6 Å². The number of nitrogens with two attached hydrogens (primary N) is 1. The second-order valence-electron chi connectivity index (χ2n) is 3.05. The first-order valence-electron chi connectivity index (χ1n) is 3.65. The molecule has 4 heteroatoms. The second-order valence-corrected chi connectivity index (χ2v) is 4.20. The topological polar surface area (TPSA) is 52.3 Å². The number of carbonyl (C=O) groups excluding carboxylic acids is 1. The molecule has 0 aromatic carbocycles. The van der Waals surface area contributed by atoms with Gasteiger partial charge < -0.3 is 10.5 Å². The predicted octanol–water partition coefficient (Wildman–Crippen LogP) is 0.751. The highest BCUT2D eigenvalue weighted by Gasteiger charge is 2.29. The first-order valence-corrected chi connectivity index (χ1v) is 4.09. The molecule has 0 aliphatic rings. The fourth-order valence-electron chi connectivity index (χ4n) is 0.519. The SMILES string of the molecule is C=CCOC(=O)[C@@H](N)C(C)(C)S. The van der Waals surface area contributed by atoms with Gasteiger partial charge in [-0.05, 0) is 13.8 Å². The third-order valence-corrected chi connectivity index (χ3v) is 1.64. The Kier molecular flexibility index (Phi) is 4.34. The van der Waals surface area contributed by atoms with Crippen LogP contribution in [0.1, 0.15) is 13.8 Å². The van der Waals surface area contributed by atoms with E-state index < -0.39 is 16.8 Å². The predicted molar refractivity (Wildman–Crippen MR) is 52.2 cm³/mol. The Morgan fingerprint density at radius 3 is 2.67 bits per heavy atom. The monoisotopic (exact) mass is 189 g/mol. The number of thiol groups is 1. The summed E-state index contributed by atoms with van der Waals surface area (Å²) in [5.41, 5.74) is 5.55. The van der Waals surface area contributed by atoms with Gasteiger partial charge in [-0.2, -0.15) is 12.6 Å². The van der Waals surface area contributed by atoms with Crippen molar-refractivity contribution in [2.45, 2.75) is 24.6 Å². The van der Waals surface area contributed by atoms with Crippen LogP contribution in [0.3, 0.4) is 0 Å². The maximum absolute atomic E-state index is 11.1. The number of carbonyl (C=O) groups is 1. The van der Waals surface area contributed by atoms with Gasteiger partial charge in [0.15, 0.2) is 0 Å². The minimum atomic E-state index is -0.708. The fourth-order valence-corrected chi connectivity index (χ4v) is 0.625. The van der Waals surface area contributed by atoms with Crippen molar-refractivity contribution in [3.8, 4) is 0 Å². The number of rotatable bonds is 4. The van der Waals surface area contributed by atoms with E-state index in [2.05, 4.69) is 19.2 Å². The fraction of sp³-hybridized carbons (Fsp3) is 0.625. The summed E-state index contributed by atoms with van der Waals surface area (Å²) in [5.74, 6) is -0.449. The van der Waals surface area contributed by atoms with Crippen molar-refractivity contribution in [1.29, 1.82) is 0 Å². The van der Waals surface area contributed by atoms with Crippen molar-refractivity contribution < 1.29 is 9.53 Å². The molecule has 2 N–H and O–H groups in total. The van der Waals surface area contributed by atoms with Crippen LogP contribution in [-0.2, 0) is 9.53 Å². The third kappa shape index (κ3) is 3.78. The highest BCUT2D eigenvalue weighted by molar-refractivity contribution is 7.81. The van der Waals surface area contributed by atoms with E-state index >= 15 is 0 Å². The van der Waals surface area contributed by atoms with Crippen LogP contribution in [0.5, 0.6) is 0 Å². The molecule has 0 aliphatic carbocycles. The molecule has 70 valence electrons. The highest BCUT2D eigenvalue weighted by Crippen LogP contribution is 2.16. The van der Waals surface area contributed by atoms with Gasteiger partial charge in [0, 0.05) is 4.75 Å². The molecular weight excluding hydrogens is 174 g/mol. The molecule has 0 heterocycles. The first-order chi connectivity index (χ1) is 5.39. The van der Waals surface area contributed by atoms with Gasteiger partial charge in [0.05, 0.1) is 0 Å². The van der Waals surface area contributed by atoms with Crippen LogP contribution in [0, 0.1) is 0 Å². The standard InChI is InChI=1S/C8H15NO2S/c1-4-5-11-7(10)6(9)8(2,3)12/h4,6,12H,1,5,9H2,2-3H3/t6-/m1/s1. The molecule has 0 saturated heterocycles. The van der Waals surface area contributed by atoms with Crippen LogP contribution in [0.2, 0.25) is 0 Å². The average Bonchev–Trinajstić information content (AvgIpc) is 1.97. The zero-order valence-corrected chi connectivity index (χ0v) is 8.30. The molecule has 0 fully saturated rings. The molecule has 0 rings (SSSR count). The Labute approximate surface area is 78.4 Å². The van der Waals surface area contributed by atoms with E-state index in [1.54, 1.807) is 13.8 Å². The van der Waals surface area contributed by atoms with Crippen molar-refractivity contribution in [1.82, 2.24) is 0 Å². The van der Waals surface area contributed by atoms with E-state index in [-0.39, 0.29) is 6.61 Å². The Bertz CT molecular complexity index is 174. The van der Waals surface area contributed by atoms with Crippen LogP contribution in [0.25, 0.3) is 0 Å². The molecular formula is C8H15NO2S. The van der Waals surface area contributed by atoms with E-state index in [1.807, 2.05) is 0 Å². The minimum absolute atomic E-state index is 0.191. The summed E-state index contributed by atoms with van der Waals surface area (Å²) < 4.78 is 4.19. The van der Waals surface area contributed by atoms with Crippen molar-refractivity contribution >= 4 is 18.6 Å². The number of ether oxygens (including phenoxy) is 1. The van der Waals surface area contributed by atoms with Gasteiger partial charge in [0.2, 0.25) is 0 Å². The lowest BCUT2D eigenvalue weighted by Crippen LogP contribution is -2.46. The van der Waals surface area contributed by atoms with Crippen LogP contribution in [0.15, 0.2) is 12.7 Å². The highest BCUT2D eigenvalue weighted by atomic mass is 32.1. The van der Waals surface area contributed by atoms with Gasteiger partial charge in [-0.3, -0.25) is 4.79 Å². The molecule has 0 unspecified atom stereocenters. The van der Waals surface area contributed by atoms with Crippen molar-refractivity contribution in [3.63, 3.8) is 0 Å². The zero-order chi connectivity index (χ0) is 9.78. The molecule has 0 radical (unpaired) electrons.